The quantitative estimate of drug-likeness (QED) is 0.0361. The molecule has 52 heavy (non-hydrogen) atoms. The Morgan fingerprint density at radius 1 is 1.25 bits per heavy atom. The number of aromatic amines is 1. The number of rotatable bonds is 11. The van der Waals surface area contributed by atoms with E-state index in [-0.39, 0.29) is 85.4 Å². The molecular weight excluding hydrogens is 756 g/mol. The fourth-order valence-electron chi connectivity index (χ4n) is 4.03. The number of aromatic nitrogens is 6. The van der Waals surface area contributed by atoms with Crippen molar-refractivity contribution in [2.75, 3.05) is 12.3 Å². The number of oxime groups is 1. The summed E-state index contributed by atoms with van der Waals surface area (Å²) in [6, 6.07) is -0.786. The van der Waals surface area contributed by atoms with Crippen molar-refractivity contribution < 1.29 is 107 Å². The average Bonchev–Trinajstić information content (AvgIpc) is 3.74. The number of aliphatic carboxylic acids is 1. The number of nitrogens with one attached hydrogen (secondary N) is 2. The van der Waals surface area contributed by atoms with Crippen molar-refractivity contribution in [3.8, 4) is 17.3 Å². The van der Waals surface area contributed by atoms with Gasteiger partial charge >= 0.3 is 75.0 Å². The fraction of sp³-hybridized carbons (Fsp3) is 0.280. The van der Waals surface area contributed by atoms with Crippen molar-refractivity contribution in [3.63, 3.8) is 0 Å². The molecule has 0 bridgehead atoms. The number of nitrogen functional groups attached to an aromatic ring is 1. The zero-order valence-corrected chi connectivity index (χ0v) is 33.3. The molecule has 0 radical (unpaired) electrons. The molecule has 1 atom stereocenters. The van der Waals surface area contributed by atoms with Crippen molar-refractivity contribution in [2.24, 2.45) is 9.55 Å². The molecule has 1 fully saturated rings. The van der Waals surface area contributed by atoms with Gasteiger partial charge in [0.25, 0.3) is 11.8 Å². The van der Waals surface area contributed by atoms with Gasteiger partial charge in [-0.2, -0.15) is 8.42 Å². The Kier molecular flexibility index (Phi) is 13.0. The van der Waals surface area contributed by atoms with E-state index in [9.17, 15) is 47.7 Å². The van der Waals surface area contributed by atoms with Gasteiger partial charge in [0.15, 0.2) is 28.0 Å². The van der Waals surface area contributed by atoms with Gasteiger partial charge in [-0.3, -0.25) is 19.0 Å². The number of thiazole rings is 1. The number of aryl methyl sites for hydroxylation is 1. The molecule has 23 nitrogen and oxygen atoms in total. The van der Waals surface area contributed by atoms with E-state index in [2.05, 4.69) is 35.1 Å². The number of likely N-dealkylation sites (tertiary alicyclic amines) is 1. The number of aromatic hydroxyl groups is 1. The molecule has 1 aliphatic rings. The molecule has 1 saturated heterocycles. The van der Waals surface area contributed by atoms with Crippen LogP contribution in [0.3, 0.4) is 0 Å². The maximum absolute atomic E-state index is 13.3. The number of β-lactam (4-membered cyclic amide) rings is 1. The van der Waals surface area contributed by atoms with Crippen molar-refractivity contribution in [3.05, 3.63) is 61.6 Å². The molecule has 2 amide bonds. The van der Waals surface area contributed by atoms with Crippen molar-refractivity contribution in [2.45, 2.75) is 39.0 Å². The van der Waals surface area contributed by atoms with Gasteiger partial charge in [0, 0.05) is 23.7 Å². The number of carboxylic acid groups (broad SMARTS) is 1. The summed E-state index contributed by atoms with van der Waals surface area (Å²) in [5.74, 6) is -4.64. The molecule has 0 unspecified atom stereocenters. The van der Waals surface area contributed by atoms with Gasteiger partial charge in [-0.25, -0.2) is 9.78 Å². The van der Waals surface area contributed by atoms with E-state index in [1.165, 1.54) is 11.4 Å². The number of carbonyl (C=O) groups is 3. The predicted octanol–water partition coefficient (Wildman–Crippen LogP) is -10.4. The van der Waals surface area contributed by atoms with E-state index in [1.54, 1.807) is 6.92 Å². The third-order valence-corrected chi connectivity index (χ3v) is 8.42. The SMILES string of the molecule is Cc1cc(Cn2c(-c3cc(=O)c(O)c[nH]3)nn(S(=O)(=O)/N=C(\[O-])N3C[C@H](NC(=O)/C(=N\OC(C)(C)C(=O)[O-])c4csc(N)n4)C3=O)c2=O)no1.[Na+].[Na+]. The molecule has 0 aliphatic carbocycles. The van der Waals surface area contributed by atoms with Crippen LogP contribution in [0.2, 0.25) is 0 Å². The molecule has 0 spiro atoms. The standard InChI is InChI=1S/C25H25N11O12S2.2Na/c1-10-4-11(31-47-10)7-34-18(12-5-15(37)16(38)6-27-12)30-36(24(34)44)50(45,46)33-23(43)35-8-13(20(35)40)28-19(39)17(14-9-49-22(26)29-14)32-48-25(2,3)21(41)42;;/h4-6,9,13,38H,7-8H2,1-3H3,(H2,26,29)(H,27,37)(H,28,39)(H,33,43)(H,41,42);;/q;2*+1/p-2/b32-17-;;/t13-;;/m0../s1. The summed E-state index contributed by atoms with van der Waals surface area (Å²) in [6.45, 7) is 2.74. The molecule has 1 aliphatic heterocycles. The van der Waals surface area contributed by atoms with Crippen LogP contribution in [0.25, 0.3) is 11.5 Å². The Morgan fingerprint density at radius 2 is 1.94 bits per heavy atom. The summed E-state index contributed by atoms with van der Waals surface area (Å²) in [5, 5.41) is 48.3. The Labute approximate surface area is 338 Å². The molecular formula is C25H23N11Na2O12S2. The van der Waals surface area contributed by atoms with Gasteiger partial charge in [0.2, 0.25) is 5.43 Å². The number of carboxylic acids is 1. The molecule has 264 valence electrons. The topological polar surface area (TPSA) is 339 Å². The van der Waals surface area contributed by atoms with E-state index in [4.69, 9.17) is 15.1 Å². The Morgan fingerprint density at radius 3 is 2.50 bits per heavy atom. The summed E-state index contributed by atoms with van der Waals surface area (Å²) in [7, 11) is -5.29. The van der Waals surface area contributed by atoms with Crippen LogP contribution in [0.1, 0.15) is 31.0 Å². The third-order valence-electron chi connectivity index (χ3n) is 6.68. The first kappa shape index (κ1) is 42.0. The van der Waals surface area contributed by atoms with Gasteiger partial charge in [-0.1, -0.05) is 14.4 Å². The van der Waals surface area contributed by atoms with Crippen LogP contribution in [-0.4, -0.2) is 95.0 Å². The largest absolute Gasteiger partial charge is 1.00 e. The minimum Gasteiger partial charge on any atom is -0.845 e. The van der Waals surface area contributed by atoms with Gasteiger partial charge in [-0.05, 0) is 20.8 Å². The second kappa shape index (κ2) is 16.1. The van der Waals surface area contributed by atoms with E-state index in [0.29, 0.717) is 10.7 Å². The number of amides is 2. The Bertz CT molecular complexity index is 2330. The zero-order chi connectivity index (χ0) is 36.7. The maximum atomic E-state index is 13.3. The van der Waals surface area contributed by atoms with E-state index >= 15 is 0 Å². The second-order valence-corrected chi connectivity index (χ2v) is 13.1. The summed E-state index contributed by atoms with van der Waals surface area (Å²) < 4.78 is 34.9. The Hall–Kier alpha value is -4.37. The number of nitrogens with two attached hydrogens (primary N) is 1. The first-order chi connectivity index (χ1) is 23.4. The number of nitrogens with zero attached hydrogens (tertiary/aromatic N) is 8. The average molecular weight is 780 g/mol. The number of anilines is 1. The van der Waals surface area contributed by atoms with Gasteiger partial charge in [0.05, 0.1) is 30.8 Å². The zero-order valence-electron chi connectivity index (χ0n) is 27.7. The first-order valence-electron chi connectivity index (χ1n) is 13.8. The molecule has 0 aromatic carbocycles. The predicted molar refractivity (Wildman–Crippen MR) is 163 cm³/mol. The van der Waals surface area contributed by atoms with Crippen LogP contribution in [0.4, 0.5) is 5.13 Å². The second-order valence-electron chi connectivity index (χ2n) is 10.8. The van der Waals surface area contributed by atoms with Crippen LogP contribution in [0, 0.1) is 6.92 Å². The molecule has 4 aromatic heterocycles. The number of amidine groups is 1. The minimum atomic E-state index is -5.29. The third kappa shape index (κ3) is 8.80. The number of H-pyrrole nitrogens is 1. The Balaban J connectivity index is 0.00000364. The summed E-state index contributed by atoms with van der Waals surface area (Å²) >= 11 is 0.910. The molecule has 27 heteroatoms. The molecule has 4 aromatic rings. The smallest absolute Gasteiger partial charge is 0.845 e. The van der Waals surface area contributed by atoms with Crippen LogP contribution in [-0.2, 0) is 36.0 Å². The van der Waals surface area contributed by atoms with Crippen molar-refractivity contribution in [1.82, 2.24) is 39.1 Å². The maximum Gasteiger partial charge on any atom is 1.00 e. The summed E-state index contributed by atoms with van der Waals surface area (Å²) in [6.07, 6.45) is 0.876. The fourth-order valence-corrected chi connectivity index (χ4v) is 5.43. The van der Waals surface area contributed by atoms with Crippen molar-refractivity contribution in [1.29, 1.82) is 0 Å². The first-order valence-corrected chi connectivity index (χ1v) is 16.0. The molecule has 5 heterocycles. The minimum absolute atomic E-state index is 0. The van der Waals surface area contributed by atoms with Gasteiger partial charge < -0.3 is 50.4 Å². The van der Waals surface area contributed by atoms with E-state index in [1.807, 2.05) is 0 Å². The number of hydrogen-bond donors (Lipinski definition) is 4. The van der Waals surface area contributed by atoms with Crippen LogP contribution in [0.5, 0.6) is 5.75 Å². The van der Waals surface area contributed by atoms with Gasteiger partial charge in [-0.15, -0.1) is 20.8 Å². The number of pyridine rings is 1. The van der Waals surface area contributed by atoms with Gasteiger partial charge in [0.1, 0.15) is 23.2 Å². The molecule has 0 saturated carbocycles. The number of hydrogen-bond acceptors (Lipinski definition) is 18. The normalized spacial score (nSPS) is 14.9. The molecule has 5 rings (SSSR count). The van der Waals surface area contributed by atoms with Crippen molar-refractivity contribution >= 4 is 56.2 Å². The number of carbonyl (C=O) groups excluding carboxylic acids is 3. The van der Waals surface area contributed by atoms with E-state index in [0.717, 1.165) is 42.0 Å². The van der Waals surface area contributed by atoms with E-state index < -0.39 is 87.2 Å². The van der Waals surface area contributed by atoms with Crippen LogP contribution < -0.4 is 91.5 Å². The summed E-state index contributed by atoms with van der Waals surface area (Å²) in [5.41, 5.74) is 0.591. The van der Waals surface area contributed by atoms with Crippen LogP contribution in [0.15, 0.2) is 47.4 Å². The molecule has 5 N–H and O–H groups in total. The summed E-state index contributed by atoms with van der Waals surface area (Å²) in [4.78, 5) is 74.1. The van der Waals surface area contributed by atoms with Crippen LogP contribution >= 0.6 is 11.3 Å². The monoisotopic (exact) mass is 779 g/mol.